The molecule has 2 rings (SSSR count). The molecule has 1 aliphatic heterocycles. The highest BCUT2D eigenvalue weighted by atomic mass is 15.2. The SMILES string of the molecule is CCCCCN1CC(c2ccccc2)NCC1C(C)C. The minimum Gasteiger partial charge on any atom is -0.307 e. The van der Waals surface area contributed by atoms with Crippen LogP contribution in [0.4, 0.5) is 0 Å². The molecule has 0 aliphatic carbocycles. The maximum atomic E-state index is 3.75. The smallest absolute Gasteiger partial charge is 0.0449 e. The summed E-state index contributed by atoms with van der Waals surface area (Å²) < 4.78 is 0. The fourth-order valence-electron chi connectivity index (χ4n) is 3.21. The lowest BCUT2D eigenvalue weighted by Gasteiger charge is -2.42. The Hall–Kier alpha value is -0.860. The molecule has 1 N–H and O–H groups in total. The van der Waals surface area contributed by atoms with Crippen molar-refractivity contribution in [3.63, 3.8) is 0 Å². The summed E-state index contributed by atoms with van der Waals surface area (Å²) in [5, 5.41) is 3.75. The first-order valence-electron chi connectivity index (χ1n) is 8.24. The van der Waals surface area contributed by atoms with Gasteiger partial charge in [-0.25, -0.2) is 0 Å². The van der Waals surface area contributed by atoms with E-state index >= 15 is 0 Å². The Morgan fingerprint density at radius 3 is 2.60 bits per heavy atom. The summed E-state index contributed by atoms with van der Waals surface area (Å²) in [4.78, 5) is 2.72. The second-order valence-corrected chi connectivity index (χ2v) is 6.38. The third-order valence-electron chi connectivity index (χ3n) is 4.48. The lowest BCUT2D eigenvalue weighted by molar-refractivity contribution is 0.0964. The predicted octanol–water partition coefficient (Wildman–Crippen LogP) is 3.85. The Labute approximate surface area is 124 Å². The van der Waals surface area contributed by atoms with Crippen molar-refractivity contribution < 1.29 is 0 Å². The number of unbranched alkanes of at least 4 members (excludes halogenated alkanes) is 2. The van der Waals surface area contributed by atoms with E-state index in [0.717, 1.165) is 19.0 Å². The largest absolute Gasteiger partial charge is 0.307 e. The van der Waals surface area contributed by atoms with Crippen LogP contribution in [0.1, 0.15) is 51.6 Å². The first kappa shape index (κ1) is 15.5. The molecule has 2 atom stereocenters. The average Bonchev–Trinajstić information content (AvgIpc) is 2.48. The van der Waals surface area contributed by atoms with E-state index in [1.807, 2.05) is 0 Å². The summed E-state index contributed by atoms with van der Waals surface area (Å²) in [7, 11) is 0. The summed E-state index contributed by atoms with van der Waals surface area (Å²) in [6, 6.07) is 12.1. The number of hydrogen-bond acceptors (Lipinski definition) is 2. The van der Waals surface area contributed by atoms with Crippen LogP contribution in [0, 0.1) is 5.92 Å². The van der Waals surface area contributed by atoms with Crippen molar-refractivity contribution in [3.05, 3.63) is 35.9 Å². The summed E-state index contributed by atoms with van der Waals surface area (Å²) in [6.07, 6.45) is 3.99. The van der Waals surface area contributed by atoms with E-state index in [2.05, 4.69) is 61.3 Å². The number of nitrogens with one attached hydrogen (secondary N) is 1. The van der Waals surface area contributed by atoms with Gasteiger partial charge in [0.2, 0.25) is 0 Å². The van der Waals surface area contributed by atoms with Gasteiger partial charge in [0.15, 0.2) is 0 Å². The number of hydrogen-bond donors (Lipinski definition) is 1. The van der Waals surface area contributed by atoms with Crippen molar-refractivity contribution in [2.24, 2.45) is 5.92 Å². The van der Waals surface area contributed by atoms with E-state index in [9.17, 15) is 0 Å². The number of benzene rings is 1. The zero-order valence-electron chi connectivity index (χ0n) is 13.3. The van der Waals surface area contributed by atoms with Crippen LogP contribution in [0.25, 0.3) is 0 Å². The zero-order valence-corrected chi connectivity index (χ0v) is 13.3. The second-order valence-electron chi connectivity index (χ2n) is 6.38. The Bertz CT molecular complexity index is 374. The summed E-state index contributed by atoms with van der Waals surface area (Å²) in [5.41, 5.74) is 1.43. The molecule has 0 saturated carbocycles. The molecule has 1 aliphatic rings. The van der Waals surface area contributed by atoms with Crippen LogP contribution in [0.3, 0.4) is 0 Å². The van der Waals surface area contributed by atoms with Crippen LogP contribution in [-0.4, -0.2) is 30.6 Å². The van der Waals surface area contributed by atoms with Crippen molar-refractivity contribution in [2.45, 2.75) is 52.1 Å². The maximum Gasteiger partial charge on any atom is 0.0449 e. The molecule has 2 nitrogen and oxygen atoms in total. The molecular weight excluding hydrogens is 244 g/mol. The van der Waals surface area contributed by atoms with Gasteiger partial charge in [-0.3, -0.25) is 4.90 Å². The minimum atomic E-state index is 0.493. The van der Waals surface area contributed by atoms with Gasteiger partial charge < -0.3 is 5.32 Å². The summed E-state index contributed by atoms with van der Waals surface area (Å²) >= 11 is 0. The van der Waals surface area contributed by atoms with Gasteiger partial charge in [-0.2, -0.15) is 0 Å². The lowest BCUT2D eigenvalue weighted by atomic mass is 9.95. The standard InChI is InChI=1S/C18H30N2/c1-4-5-9-12-20-14-17(16-10-7-6-8-11-16)19-13-18(20)15(2)3/h6-8,10-11,15,17-19H,4-5,9,12-14H2,1-3H3. The van der Waals surface area contributed by atoms with E-state index in [0.29, 0.717) is 12.1 Å². The Morgan fingerprint density at radius 2 is 1.95 bits per heavy atom. The van der Waals surface area contributed by atoms with E-state index in [1.54, 1.807) is 0 Å². The van der Waals surface area contributed by atoms with Crippen molar-refractivity contribution in [1.82, 2.24) is 10.2 Å². The van der Waals surface area contributed by atoms with Crippen LogP contribution in [0.15, 0.2) is 30.3 Å². The van der Waals surface area contributed by atoms with Gasteiger partial charge >= 0.3 is 0 Å². The maximum absolute atomic E-state index is 3.75. The highest BCUT2D eigenvalue weighted by molar-refractivity contribution is 5.20. The lowest BCUT2D eigenvalue weighted by Crippen LogP contribution is -2.54. The van der Waals surface area contributed by atoms with Crippen LogP contribution in [0.5, 0.6) is 0 Å². The quantitative estimate of drug-likeness (QED) is 0.793. The molecule has 1 aromatic rings. The Kier molecular flexibility index (Phi) is 6.06. The number of nitrogens with zero attached hydrogens (tertiary/aromatic N) is 1. The molecule has 1 heterocycles. The normalized spacial score (nSPS) is 24.2. The Balaban J connectivity index is 1.99. The molecule has 0 bridgehead atoms. The molecule has 20 heavy (non-hydrogen) atoms. The summed E-state index contributed by atoms with van der Waals surface area (Å²) in [5.74, 6) is 0.723. The molecule has 0 spiro atoms. The van der Waals surface area contributed by atoms with Crippen LogP contribution in [0.2, 0.25) is 0 Å². The summed E-state index contributed by atoms with van der Waals surface area (Å²) in [6.45, 7) is 10.5. The van der Waals surface area contributed by atoms with Crippen molar-refractivity contribution in [2.75, 3.05) is 19.6 Å². The molecule has 1 saturated heterocycles. The third kappa shape index (κ3) is 4.07. The number of rotatable bonds is 6. The van der Waals surface area contributed by atoms with Gasteiger partial charge in [-0.15, -0.1) is 0 Å². The molecule has 1 aromatic carbocycles. The number of piperazine rings is 1. The first-order chi connectivity index (χ1) is 9.72. The van der Waals surface area contributed by atoms with Gasteiger partial charge in [0.05, 0.1) is 0 Å². The topological polar surface area (TPSA) is 15.3 Å². The van der Waals surface area contributed by atoms with E-state index in [-0.39, 0.29) is 0 Å². The van der Waals surface area contributed by atoms with Crippen molar-refractivity contribution in [1.29, 1.82) is 0 Å². The van der Waals surface area contributed by atoms with E-state index in [4.69, 9.17) is 0 Å². The molecular formula is C18H30N2. The Morgan fingerprint density at radius 1 is 1.20 bits per heavy atom. The highest BCUT2D eigenvalue weighted by Crippen LogP contribution is 2.23. The van der Waals surface area contributed by atoms with Gasteiger partial charge in [0.1, 0.15) is 0 Å². The molecule has 2 heteroatoms. The van der Waals surface area contributed by atoms with Gasteiger partial charge in [-0.05, 0) is 24.4 Å². The molecule has 112 valence electrons. The molecule has 0 radical (unpaired) electrons. The first-order valence-corrected chi connectivity index (χ1v) is 8.24. The fourth-order valence-corrected chi connectivity index (χ4v) is 3.21. The molecule has 0 aromatic heterocycles. The van der Waals surface area contributed by atoms with E-state index < -0.39 is 0 Å². The van der Waals surface area contributed by atoms with Gasteiger partial charge in [-0.1, -0.05) is 63.9 Å². The second kappa shape index (κ2) is 7.80. The van der Waals surface area contributed by atoms with Crippen molar-refractivity contribution in [3.8, 4) is 0 Å². The van der Waals surface area contributed by atoms with E-state index in [1.165, 1.54) is 31.4 Å². The molecule has 1 fully saturated rings. The van der Waals surface area contributed by atoms with Crippen LogP contribution < -0.4 is 5.32 Å². The fraction of sp³-hybridized carbons (Fsp3) is 0.667. The molecule has 2 unspecified atom stereocenters. The predicted molar refractivity (Wildman–Crippen MR) is 86.9 cm³/mol. The third-order valence-corrected chi connectivity index (χ3v) is 4.48. The monoisotopic (exact) mass is 274 g/mol. The zero-order chi connectivity index (χ0) is 14.4. The van der Waals surface area contributed by atoms with Crippen molar-refractivity contribution >= 4 is 0 Å². The van der Waals surface area contributed by atoms with Gasteiger partial charge in [0, 0.05) is 25.2 Å². The van der Waals surface area contributed by atoms with Crippen LogP contribution >= 0.6 is 0 Å². The minimum absolute atomic E-state index is 0.493. The van der Waals surface area contributed by atoms with Crippen LogP contribution in [-0.2, 0) is 0 Å². The van der Waals surface area contributed by atoms with Gasteiger partial charge in [0.25, 0.3) is 0 Å². The highest BCUT2D eigenvalue weighted by Gasteiger charge is 2.29. The molecule has 0 amide bonds. The average molecular weight is 274 g/mol.